The van der Waals surface area contributed by atoms with Gasteiger partial charge in [-0.1, -0.05) is 24.3 Å². The number of carbonyl (C=O) groups is 1. The van der Waals surface area contributed by atoms with Gasteiger partial charge in [0.2, 0.25) is 0 Å². The Morgan fingerprint density at radius 3 is 2.39 bits per heavy atom. The molecule has 0 radical (unpaired) electrons. The Hall–Kier alpha value is -3.95. The van der Waals surface area contributed by atoms with Crippen molar-refractivity contribution in [1.29, 1.82) is 0 Å². The number of rotatable bonds is 5. The Balaban J connectivity index is 1.55. The van der Waals surface area contributed by atoms with Crippen LogP contribution in [0.3, 0.4) is 0 Å². The van der Waals surface area contributed by atoms with Crippen molar-refractivity contribution in [2.24, 2.45) is 0 Å². The molecule has 0 saturated carbocycles. The fourth-order valence-electron chi connectivity index (χ4n) is 3.06. The molecule has 0 aliphatic carbocycles. The number of carbonyl (C=O) groups excluding carboxylic acids is 1. The third-order valence-electron chi connectivity index (χ3n) is 4.52. The normalized spacial score (nSPS) is 11.5. The van der Waals surface area contributed by atoms with Gasteiger partial charge in [-0.2, -0.15) is 23.4 Å². The molecule has 0 saturated heterocycles. The quantitative estimate of drug-likeness (QED) is 0.485. The van der Waals surface area contributed by atoms with Crippen LogP contribution in [0.4, 0.5) is 17.6 Å². The molecule has 0 unspecified atom stereocenters. The summed E-state index contributed by atoms with van der Waals surface area (Å²) >= 11 is 0. The summed E-state index contributed by atoms with van der Waals surface area (Å²) in [6.07, 6.45) is -0.737. The maximum absolute atomic E-state index is 14.0. The molecule has 0 aliphatic heterocycles. The second kappa shape index (κ2) is 8.05. The van der Waals surface area contributed by atoms with Gasteiger partial charge in [-0.15, -0.1) is 0 Å². The number of amides is 1. The number of hydrogen-bond acceptors (Lipinski definition) is 3. The van der Waals surface area contributed by atoms with Gasteiger partial charge in [-0.3, -0.25) is 4.79 Å². The van der Waals surface area contributed by atoms with E-state index in [1.807, 2.05) is 0 Å². The molecule has 0 spiro atoms. The summed E-state index contributed by atoms with van der Waals surface area (Å²) in [4.78, 5) is 12.5. The van der Waals surface area contributed by atoms with Crippen LogP contribution in [0.25, 0.3) is 11.4 Å². The first-order chi connectivity index (χ1) is 14.8. The van der Waals surface area contributed by atoms with Crippen LogP contribution in [0.5, 0.6) is 0 Å². The standard InChI is InChI=1S/C21H15F4N5O/c22-17-4-1-2-5-18(17)30-19(21(23,24)25)16(13-28-30)20(31)26-12-14-6-8-15(9-7-14)29-11-3-10-27-29/h1-11,13H,12H2,(H,26,31). The first-order valence-electron chi connectivity index (χ1n) is 9.12. The molecule has 0 aliphatic rings. The Labute approximate surface area is 173 Å². The average molecular weight is 429 g/mol. The lowest BCUT2D eigenvalue weighted by Crippen LogP contribution is -2.26. The molecule has 2 aromatic heterocycles. The minimum absolute atomic E-state index is 0.000393. The molecule has 4 rings (SSSR count). The highest BCUT2D eigenvalue weighted by atomic mass is 19.4. The highest BCUT2D eigenvalue weighted by molar-refractivity contribution is 5.95. The van der Waals surface area contributed by atoms with Gasteiger partial charge in [0.25, 0.3) is 5.91 Å². The minimum atomic E-state index is -4.92. The first kappa shape index (κ1) is 20.3. The van der Waals surface area contributed by atoms with Gasteiger partial charge in [-0.05, 0) is 35.9 Å². The van der Waals surface area contributed by atoms with Crippen molar-refractivity contribution in [3.8, 4) is 11.4 Å². The highest BCUT2D eigenvalue weighted by Crippen LogP contribution is 2.34. The molecule has 1 N–H and O–H groups in total. The number of nitrogens with zero attached hydrogens (tertiary/aromatic N) is 4. The molecule has 2 aromatic carbocycles. The molecular formula is C21H15F4N5O. The van der Waals surface area contributed by atoms with Crippen LogP contribution in [0.1, 0.15) is 21.6 Å². The number of para-hydroxylation sites is 1. The zero-order valence-electron chi connectivity index (χ0n) is 15.8. The monoisotopic (exact) mass is 429 g/mol. The molecule has 4 aromatic rings. The summed E-state index contributed by atoms with van der Waals surface area (Å²) in [7, 11) is 0. The van der Waals surface area contributed by atoms with E-state index < -0.39 is 34.8 Å². The van der Waals surface area contributed by atoms with E-state index in [9.17, 15) is 22.4 Å². The zero-order chi connectivity index (χ0) is 22.0. The van der Waals surface area contributed by atoms with E-state index in [1.54, 1.807) is 47.4 Å². The van der Waals surface area contributed by atoms with Crippen molar-refractivity contribution in [2.45, 2.75) is 12.7 Å². The van der Waals surface area contributed by atoms with Gasteiger partial charge >= 0.3 is 6.18 Å². The molecule has 6 nitrogen and oxygen atoms in total. The Morgan fingerprint density at radius 1 is 1.00 bits per heavy atom. The second-order valence-electron chi connectivity index (χ2n) is 6.57. The van der Waals surface area contributed by atoms with Gasteiger partial charge in [-0.25, -0.2) is 13.8 Å². The first-order valence-corrected chi connectivity index (χ1v) is 9.12. The van der Waals surface area contributed by atoms with Gasteiger partial charge in [0.15, 0.2) is 5.69 Å². The van der Waals surface area contributed by atoms with E-state index >= 15 is 0 Å². The fraction of sp³-hybridized carbons (Fsp3) is 0.0952. The van der Waals surface area contributed by atoms with Gasteiger partial charge in [0.05, 0.1) is 17.4 Å². The number of halogens is 4. The van der Waals surface area contributed by atoms with Crippen molar-refractivity contribution in [3.05, 3.63) is 95.8 Å². The number of benzene rings is 2. The van der Waals surface area contributed by atoms with Gasteiger partial charge < -0.3 is 5.32 Å². The lowest BCUT2D eigenvalue weighted by Gasteiger charge is -2.13. The maximum Gasteiger partial charge on any atom is 0.434 e. The van der Waals surface area contributed by atoms with Crippen LogP contribution < -0.4 is 5.32 Å². The molecule has 0 bridgehead atoms. The van der Waals surface area contributed by atoms with Gasteiger partial charge in [0, 0.05) is 18.9 Å². The lowest BCUT2D eigenvalue weighted by molar-refractivity contribution is -0.143. The molecule has 10 heteroatoms. The van der Waals surface area contributed by atoms with Crippen LogP contribution in [0, 0.1) is 5.82 Å². The zero-order valence-corrected chi connectivity index (χ0v) is 15.8. The molecule has 0 atom stereocenters. The molecule has 158 valence electrons. The van der Waals surface area contributed by atoms with Crippen LogP contribution in [0.15, 0.2) is 73.2 Å². The topological polar surface area (TPSA) is 64.7 Å². The summed E-state index contributed by atoms with van der Waals surface area (Å²) in [5.41, 5.74) is -0.957. The van der Waals surface area contributed by atoms with Crippen molar-refractivity contribution in [2.75, 3.05) is 0 Å². The van der Waals surface area contributed by atoms with E-state index in [-0.39, 0.29) is 6.54 Å². The van der Waals surface area contributed by atoms with E-state index in [1.165, 1.54) is 12.1 Å². The van der Waals surface area contributed by atoms with Crippen LogP contribution in [-0.2, 0) is 12.7 Å². The molecule has 2 heterocycles. The summed E-state index contributed by atoms with van der Waals surface area (Å²) in [5, 5.41) is 10.2. The largest absolute Gasteiger partial charge is 0.434 e. The van der Waals surface area contributed by atoms with Crippen molar-refractivity contribution < 1.29 is 22.4 Å². The fourth-order valence-corrected chi connectivity index (χ4v) is 3.06. The van der Waals surface area contributed by atoms with Crippen LogP contribution in [0.2, 0.25) is 0 Å². The third-order valence-corrected chi connectivity index (χ3v) is 4.52. The predicted molar refractivity (Wildman–Crippen MR) is 103 cm³/mol. The van der Waals surface area contributed by atoms with Gasteiger partial charge in [0.1, 0.15) is 11.5 Å². The molecular weight excluding hydrogens is 414 g/mol. The Bertz CT molecular complexity index is 1200. The van der Waals surface area contributed by atoms with E-state index in [4.69, 9.17) is 0 Å². The number of aromatic nitrogens is 4. The SMILES string of the molecule is O=C(NCc1ccc(-n2cccn2)cc1)c1cnn(-c2ccccc2F)c1C(F)(F)F. The summed E-state index contributed by atoms with van der Waals surface area (Å²) < 4.78 is 57.1. The second-order valence-corrected chi connectivity index (χ2v) is 6.57. The highest BCUT2D eigenvalue weighted by Gasteiger charge is 2.41. The number of nitrogens with one attached hydrogen (secondary N) is 1. The maximum atomic E-state index is 14.0. The molecule has 31 heavy (non-hydrogen) atoms. The Kier molecular flexibility index (Phi) is 5.28. The van der Waals surface area contributed by atoms with E-state index in [0.29, 0.717) is 10.2 Å². The number of hydrogen-bond donors (Lipinski definition) is 1. The number of alkyl halides is 3. The third kappa shape index (κ3) is 4.18. The summed E-state index contributed by atoms with van der Waals surface area (Å²) in [6, 6.07) is 13.7. The smallest absolute Gasteiger partial charge is 0.348 e. The van der Waals surface area contributed by atoms with E-state index in [0.717, 1.165) is 24.0 Å². The Morgan fingerprint density at radius 2 is 1.74 bits per heavy atom. The predicted octanol–water partition coefficient (Wildman–Crippen LogP) is 4.15. The summed E-state index contributed by atoms with van der Waals surface area (Å²) in [5.74, 6) is -1.86. The van der Waals surface area contributed by atoms with Crippen molar-refractivity contribution in [1.82, 2.24) is 24.9 Å². The minimum Gasteiger partial charge on any atom is -0.348 e. The van der Waals surface area contributed by atoms with Crippen LogP contribution in [-0.4, -0.2) is 25.5 Å². The lowest BCUT2D eigenvalue weighted by atomic mass is 10.2. The average Bonchev–Trinajstić information content (AvgIpc) is 3.43. The molecule has 1 amide bonds. The van der Waals surface area contributed by atoms with Crippen LogP contribution >= 0.6 is 0 Å². The van der Waals surface area contributed by atoms with Crippen molar-refractivity contribution >= 4 is 5.91 Å². The van der Waals surface area contributed by atoms with E-state index in [2.05, 4.69) is 15.5 Å². The molecule has 0 fully saturated rings. The summed E-state index contributed by atoms with van der Waals surface area (Å²) in [6.45, 7) is 0.000393. The van der Waals surface area contributed by atoms with Crippen molar-refractivity contribution in [3.63, 3.8) is 0 Å².